The summed E-state index contributed by atoms with van der Waals surface area (Å²) in [6, 6.07) is 9.08. The lowest BCUT2D eigenvalue weighted by molar-refractivity contribution is 0.0394. The van der Waals surface area contributed by atoms with Gasteiger partial charge in [0.2, 0.25) is 0 Å². The molecule has 1 N–H and O–H groups in total. The molecule has 5 rings (SSSR count). The van der Waals surface area contributed by atoms with E-state index in [2.05, 4.69) is 31.2 Å². The van der Waals surface area contributed by atoms with Crippen LogP contribution < -0.4 is 5.32 Å². The van der Waals surface area contributed by atoms with Gasteiger partial charge in [0, 0.05) is 19.1 Å². The van der Waals surface area contributed by atoms with E-state index in [9.17, 15) is 13.6 Å². The van der Waals surface area contributed by atoms with Crippen LogP contribution >= 0.6 is 0 Å². The molecular formula is C21H24F2N4O. The second-order valence-electron chi connectivity index (χ2n) is 9.08. The number of benzene rings is 1. The summed E-state index contributed by atoms with van der Waals surface area (Å²) >= 11 is 0. The fourth-order valence-electron chi connectivity index (χ4n) is 5.37. The maximum absolute atomic E-state index is 14.6. The molecule has 1 aromatic carbocycles. The Kier molecular flexibility index (Phi) is 3.36. The van der Waals surface area contributed by atoms with Crippen LogP contribution in [0.1, 0.15) is 43.1 Å². The highest BCUT2D eigenvalue weighted by molar-refractivity contribution is 5.99. The monoisotopic (exact) mass is 386 g/mol. The van der Waals surface area contributed by atoms with E-state index in [4.69, 9.17) is 0 Å². The SMILES string of the molecule is C[C@H]1CC(C)(C)n2ncc(C(=O)N3C[C@@H]4C(F)(F)C4(c4ccccc4)C3)c2N1. The minimum absolute atomic E-state index is 0.0388. The Hall–Kier alpha value is -2.44. The average Bonchev–Trinajstić information content (AvgIpc) is 3.06. The van der Waals surface area contributed by atoms with E-state index in [1.54, 1.807) is 35.4 Å². The molecule has 1 aromatic heterocycles. The molecule has 5 nitrogen and oxygen atoms in total. The zero-order valence-corrected chi connectivity index (χ0v) is 16.2. The summed E-state index contributed by atoms with van der Waals surface area (Å²) in [5, 5.41) is 7.78. The Balaban J connectivity index is 1.46. The van der Waals surface area contributed by atoms with Crippen LogP contribution in [-0.2, 0) is 11.0 Å². The van der Waals surface area contributed by atoms with Gasteiger partial charge in [0.1, 0.15) is 11.4 Å². The van der Waals surface area contributed by atoms with Crippen molar-refractivity contribution in [3.63, 3.8) is 0 Å². The summed E-state index contributed by atoms with van der Waals surface area (Å²) in [4.78, 5) is 14.8. The van der Waals surface area contributed by atoms with Crippen LogP contribution in [0.5, 0.6) is 0 Å². The van der Waals surface area contributed by atoms with Crippen molar-refractivity contribution in [2.45, 2.75) is 50.1 Å². The maximum Gasteiger partial charge on any atom is 0.265 e. The third kappa shape index (κ3) is 2.10. The second-order valence-corrected chi connectivity index (χ2v) is 9.08. The molecule has 0 radical (unpaired) electrons. The molecule has 2 fully saturated rings. The van der Waals surface area contributed by atoms with Crippen molar-refractivity contribution in [1.29, 1.82) is 0 Å². The molecule has 1 unspecified atom stereocenters. The van der Waals surface area contributed by atoms with Crippen molar-refractivity contribution in [3.8, 4) is 0 Å². The number of piperidine rings is 1. The smallest absolute Gasteiger partial charge is 0.265 e. The van der Waals surface area contributed by atoms with Crippen LogP contribution in [0.3, 0.4) is 0 Å². The summed E-state index contributed by atoms with van der Waals surface area (Å²) in [7, 11) is 0. The number of amides is 1. The molecule has 148 valence electrons. The first-order chi connectivity index (χ1) is 13.2. The summed E-state index contributed by atoms with van der Waals surface area (Å²) in [6.45, 7) is 6.36. The van der Waals surface area contributed by atoms with E-state index >= 15 is 0 Å². The lowest BCUT2D eigenvalue weighted by Gasteiger charge is -2.37. The third-order valence-corrected chi connectivity index (χ3v) is 6.73. The molecule has 2 aromatic rings. The number of halogens is 2. The summed E-state index contributed by atoms with van der Waals surface area (Å²) in [6.07, 6.45) is 2.46. The van der Waals surface area contributed by atoms with E-state index in [1.165, 1.54) is 0 Å². The summed E-state index contributed by atoms with van der Waals surface area (Å²) < 4.78 is 31.1. The first-order valence-electron chi connectivity index (χ1n) is 9.76. The highest BCUT2D eigenvalue weighted by Crippen LogP contribution is 2.70. The molecule has 3 heterocycles. The standard InChI is InChI=1S/C21H24F2N4O/c1-13-9-19(2,3)27-17(25-13)15(10-24-27)18(28)26-11-16-20(12-26,21(16,22)23)14-7-5-4-6-8-14/h4-8,10,13,16,25H,9,11-12H2,1-3H3/t13-,16-,20?/m0/s1. The van der Waals surface area contributed by atoms with Crippen LogP contribution in [-0.4, -0.2) is 45.6 Å². The normalized spacial score (nSPS) is 31.7. The molecule has 2 aliphatic heterocycles. The lowest BCUT2D eigenvalue weighted by atomic mass is 9.93. The fourth-order valence-corrected chi connectivity index (χ4v) is 5.37. The Morgan fingerprint density at radius 1 is 1.25 bits per heavy atom. The predicted octanol–water partition coefficient (Wildman–Crippen LogP) is 3.48. The number of alkyl halides is 2. The van der Waals surface area contributed by atoms with E-state index in [0.717, 1.165) is 6.42 Å². The number of rotatable bonds is 2. The number of anilines is 1. The minimum atomic E-state index is -2.77. The molecule has 7 heteroatoms. The number of likely N-dealkylation sites (tertiary alicyclic amines) is 1. The highest BCUT2D eigenvalue weighted by atomic mass is 19.3. The van der Waals surface area contributed by atoms with Gasteiger partial charge < -0.3 is 10.2 Å². The van der Waals surface area contributed by atoms with Crippen LogP contribution in [0.2, 0.25) is 0 Å². The molecule has 1 saturated heterocycles. The van der Waals surface area contributed by atoms with Crippen LogP contribution in [0.4, 0.5) is 14.6 Å². The molecule has 1 saturated carbocycles. The number of carbonyl (C=O) groups is 1. The van der Waals surface area contributed by atoms with Gasteiger partial charge in [0.05, 0.1) is 23.1 Å². The molecule has 0 spiro atoms. The van der Waals surface area contributed by atoms with E-state index < -0.39 is 17.3 Å². The second kappa shape index (κ2) is 5.33. The minimum Gasteiger partial charge on any atom is -0.367 e. The maximum atomic E-state index is 14.6. The van der Waals surface area contributed by atoms with Crippen LogP contribution in [0.15, 0.2) is 36.5 Å². The quantitative estimate of drug-likeness (QED) is 0.860. The largest absolute Gasteiger partial charge is 0.367 e. The van der Waals surface area contributed by atoms with E-state index in [1.807, 2.05) is 10.7 Å². The van der Waals surface area contributed by atoms with Crippen LogP contribution in [0, 0.1) is 5.92 Å². The third-order valence-electron chi connectivity index (χ3n) is 6.73. The van der Waals surface area contributed by atoms with Crippen molar-refractivity contribution >= 4 is 11.7 Å². The van der Waals surface area contributed by atoms with Gasteiger partial charge in [-0.2, -0.15) is 5.10 Å². The Morgan fingerprint density at radius 2 is 1.96 bits per heavy atom. The number of carbonyl (C=O) groups excluding carboxylic acids is 1. The van der Waals surface area contributed by atoms with Gasteiger partial charge in [-0.25, -0.2) is 13.5 Å². The van der Waals surface area contributed by atoms with Crippen molar-refractivity contribution in [2.75, 3.05) is 18.4 Å². The molecule has 28 heavy (non-hydrogen) atoms. The molecule has 1 aliphatic carbocycles. The van der Waals surface area contributed by atoms with Crippen molar-refractivity contribution in [3.05, 3.63) is 47.7 Å². The number of nitrogens with zero attached hydrogens (tertiary/aromatic N) is 3. The Labute approximate surface area is 162 Å². The predicted molar refractivity (Wildman–Crippen MR) is 102 cm³/mol. The Morgan fingerprint density at radius 3 is 2.68 bits per heavy atom. The molecule has 1 amide bonds. The zero-order chi connectivity index (χ0) is 19.9. The zero-order valence-electron chi connectivity index (χ0n) is 16.2. The number of hydrogen-bond acceptors (Lipinski definition) is 3. The molecule has 0 bridgehead atoms. The number of aromatic nitrogens is 2. The van der Waals surface area contributed by atoms with Gasteiger partial charge in [-0.3, -0.25) is 4.79 Å². The lowest BCUT2D eigenvalue weighted by Crippen LogP contribution is -2.42. The van der Waals surface area contributed by atoms with E-state index in [-0.39, 0.29) is 30.6 Å². The van der Waals surface area contributed by atoms with Crippen molar-refractivity contribution < 1.29 is 13.6 Å². The topological polar surface area (TPSA) is 50.2 Å². The van der Waals surface area contributed by atoms with E-state index in [0.29, 0.717) is 16.9 Å². The van der Waals surface area contributed by atoms with Gasteiger partial charge in [0.15, 0.2) is 0 Å². The van der Waals surface area contributed by atoms with Gasteiger partial charge in [-0.15, -0.1) is 0 Å². The molecule has 3 atom stereocenters. The number of hydrogen-bond donors (Lipinski definition) is 1. The summed E-state index contributed by atoms with van der Waals surface area (Å²) in [5.74, 6) is -3.12. The fraction of sp³-hybridized carbons (Fsp3) is 0.524. The first-order valence-corrected chi connectivity index (χ1v) is 9.76. The first kappa shape index (κ1) is 17.6. The van der Waals surface area contributed by atoms with Crippen molar-refractivity contribution in [1.82, 2.24) is 14.7 Å². The van der Waals surface area contributed by atoms with Gasteiger partial charge in [0.25, 0.3) is 11.8 Å². The molecule has 3 aliphatic rings. The summed E-state index contributed by atoms with van der Waals surface area (Å²) in [5.41, 5.74) is -0.376. The average molecular weight is 386 g/mol. The highest BCUT2D eigenvalue weighted by Gasteiger charge is 2.84. The number of nitrogens with one attached hydrogen (secondary N) is 1. The van der Waals surface area contributed by atoms with Gasteiger partial charge in [-0.05, 0) is 32.8 Å². The van der Waals surface area contributed by atoms with Gasteiger partial charge in [-0.1, -0.05) is 30.3 Å². The van der Waals surface area contributed by atoms with Crippen molar-refractivity contribution in [2.24, 2.45) is 5.92 Å². The molecular weight excluding hydrogens is 362 g/mol. The van der Waals surface area contributed by atoms with Gasteiger partial charge >= 0.3 is 0 Å². The Bertz CT molecular complexity index is 955. The number of fused-ring (bicyclic) bond motifs is 2. The van der Waals surface area contributed by atoms with Crippen LogP contribution in [0.25, 0.3) is 0 Å².